The summed E-state index contributed by atoms with van der Waals surface area (Å²) < 4.78 is 26.8. The molecule has 0 spiro atoms. The molecule has 1 aromatic heterocycles. The molecule has 0 radical (unpaired) electrons. The fourth-order valence-corrected chi connectivity index (χ4v) is 3.40. The van der Waals surface area contributed by atoms with Crippen molar-refractivity contribution in [1.82, 2.24) is 9.29 Å². The molecular weight excluding hydrogens is 328 g/mol. The first-order valence-electron chi connectivity index (χ1n) is 5.61. The van der Waals surface area contributed by atoms with Gasteiger partial charge in [0.2, 0.25) is 10.0 Å². The highest BCUT2D eigenvalue weighted by molar-refractivity contribution is 9.10. The van der Waals surface area contributed by atoms with Gasteiger partial charge < -0.3 is 0 Å². The summed E-state index contributed by atoms with van der Waals surface area (Å²) in [5.74, 6) is 0. The van der Waals surface area contributed by atoms with Crippen LogP contribution in [0.4, 0.5) is 0 Å². The van der Waals surface area contributed by atoms with E-state index in [1.165, 1.54) is 4.31 Å². The number of hydrogen-bond acceptors (Lipinski definition) is 3. The van der Waals surface area contributed by atoms with Gasteiger partial charge in [-0.3, -0.25) is 4.98 Å². The third-order valence-corrected chi connectivity index (χ3v) is 4.92. The molecule has 0 atom stereocenters. The third-order valence-electron chi connectivity index (χ3n) is 2.63. The Labute approximate surface area is 121 Å². The lowest BCUT2D eigenvalue weighted by Crippen LogP contribution is -2.26. The van der Waals surface area contributed by atoms with Crippen LogP contribution in [0, 0.1) is 0 Å². The van der Waals surface area contributed by atoms with Crippen LogP contribution in [0.1, 0.15) is 5.56 Å². The molecule has 4 nitrogen and oxygen atoms in total. The van der Waals surface area contributed by atoms with Crippen molar-refractivity contribution in [2.24, 2.45) is 0 Å². The van der Waals surface area contributed by atoms with E-state index in [9.17, 15) is 8.42 Å². The summed E-state index contributed by atoms with van der Waals surface area (Å²) in [7, 11) is -1.93. The highest BCUT2D eigenvalue weighted by atomic mass is 79.9. The number of nitrogens with zero attached hydrogens (tertiary/aromatic N) is 2. The van der Waals surface area contributed by atoms with Gasteiger partial charge >= 0.3 is 0 Å². The molecule has 2 rings (SSSR count). The third kappa shape index (κ3) is 3.40. The van der Waals surface area contributed by atoms with Gasteiger partial charge in [-0.15, -0.1) is 0 Å². The van der Waals surface area contributed by atoms with Gasteiger partial charge in [-0.1, -0.05) is 28.1 Å². The van der Waals surface area contributed by atoms with Gasteiger partial charge in [0, 0.05) is 30.5 Å². The smallest absolute Gasteiger partial charge is 0.243 e. The second kappa shape index (κ2) is 5.81. The Bertz CT molecular complexity index is 659. The quantitative estimate of drug-likeness (QED) is 0.859. The molecule has 2 aromatic rings. The zero-order chi connectivity index (χ0) is 13.9. The molecule has 1 aromatic carbocycles. The SMILES string of the molecule is CN(Cc1cccnc1)S(=O)(=O)c1cccc(Br)c1. The van der Waals surface area contributed by atoms with Crippen LogP contribution in [0.15, 0.2) is 58.2 Å². The minimum absolute atomic E-state index is 0.272. The summed E-state index contributed by atoms with van der Waals surface area (Å²) in [6.07, 6.45) is 3.32. The Morgan fingerprint density at radius 1 is 1.26 bits per heavy atom. The Balaban J connectivity index is 2.25. The molecule has 0 aliphatic rings. The fourth-order valence-electron chi connectivity index (χ4n) is 1.64. The van der Waals surface area contributed by atoms with Crippen molar-refractivity contribution >= 4 is 26.0 Å². The Hall–Kier alpha value is -1.24. The lowest BCUT2D eigenvalue weighted by atomic mass is 10.3. The molecule has 0 bridgehead atoms. The Kier molecular flexibility index (Phi) is 4.34. The number of hydrogen-bond donors (Lipinski definition) is 0. The molecule has 0 saturated carbocycles. The molecule has 0 N–H and O–H groups in total. The van der Waals surface area contributed by atoms with E-state index >= 15 is 0 Å². The van der Waals surface area contributed by atoms with Crippen LogP contribution in [-0.4, -0.2) is 24.8 Å². The average Bonchev–Trinajstić information content (AvgIpc) is 2.40. The topological polar surface area (TPSA) is 50.3 Å². The first kappa shape index (κ1) is 14.2. The summed E-state index contributed by atoms with van der Waals surface area (Å²) in [5, 5.41) is 0. The van der Waals surface area contributed by atoms with Crippen molar-refractivity contribution in [3.63, 3.8) is 0 Å². The van der Waals surface area contributed by atoms with Crippen LogP contribution >= 0.6 is 15.9 Å². The average molecular weight is 341 g/mol. The Morgan fingerprint density at radius 2 is 2.05 bits per heavy atom. The lowest BCUT2D eigenvalue weighted by Gasteiger charge is -2.17. The van der Waals surface area contributed by atoms with Gasteiger partial charge in [0.25, 0.3) is 0 Å². The number of pyridine rings is 1. The van der Waals surface area contributed by atoms with Gasteiger partial charge in [0.1, 0.15) is 0 Å². The van der Waals surface area contributed by atoms with Crippen molar-refractivity contribution < 1.29 is 8.42 Å². The van der Waals surface area contributed by atoms with Gasteiger partial charge in [0.15, 0.2) is 0 Å². The van der Waals surface area contributed by atoms with E-state index in [0.717, 1.165) is 10.0 Å². The number of aromatic nitrogens is 1. The molecule has 0 amide bonds. The van der Waals surface area contributed by atoms with Gasteiger partial charge in [-0.2, -0.15) is 4.31 Å². The normalized spacial score (nSPS) is 11.7. The minimum atomic E-state index is -3.48. The number of rotatable bonds is 4. The zero-order valence-electron chi connectivity index (χ0n) is 10.3. The summed E-state index contributed by atoms with van der Waals surface area (Å²) in [4.78, 5) is 4.25. The van der Waals surface area contributed by atoms with Crippen LogP contribution < -0.4 is 0 Å². The van der Waals surface area contributed by atoms with Crippen LogP contribution in [0.3, 0.4) is 0 Å². The molecule has 19 heavy (non-hydrogen) atoms. The summed E-state index contributed by atoms with van der Waals surface area (Å²) in [6.45, 7) is 0.294. The molecule has 0 aliphatic carbocycles. The molecule has 0 aliphatic heterocycles. The molecule has 0 unspecified atom stereocenters. The van der Waals surface area contributed by atoms with Gasteiger partial charge in [0.05, 0.1) is 4.90 Å². The van der Waals surface area contributed by atoms with Crippen LogP contribution in [0.2, 0.25) is 0 Å². The highest BCUT2D eigenvalue weighted by Crippen LogP contribution is 2.20. The predicted molar refractivity (Wildman–Crippen MR) is 77.0 cm³/mol. The maximum atomic E-state index is 12.4. The molecule has 0 saturated heterocycles. The molecule has 1 heterocycles. The number of halogens is 1. The second-order valence-electron chi connectivity index (χ2n) is 4.08. The van der Waals surface area contributed by atoms with E-state index in [2.05, 4.69) is 20.9 Å². The maximum absolute atomic E-state index is 12.4. The molecular formula is C13H13BrN2O2S. The molecule has 100 valence electrons. The van der Waals surface area contributed by atoms with Crippen molar-refractivity contribution in [2.75, 3.05) is 7.05 Å². The fraction of sp³-hybridized carbons (Fsp3) is 0.154. The number of benzene rings is 1. The summed E-state index contributed by atoms with van der Waals surface area (Å²) in [6, 6.07) is 10.3. The van der Waals surface area contributed by atoms with E-state index in [1.54, 1.807) is 49.8 Å². The van der Waals surface area contributed by atoms with E-state index in [1.807, 2.05) is 6.07 Å². The van der Waals surface area contributed by atoms with Gasteiger partial charge in [-0.05, 0) is 29.8 Å². The standard InChI is InChI=1S/C13H13BrN2O2S/c1-16(10-11-4-3-7-15-9-11)19(17,18)13-6-2-5-12(14)8-13/h2-9H,10H2,1H3. The predicted octanol–water partition coefficient (Wildman–Crippen LogP) is 2.66. The van der Waals surface area contributed by atoms with Crippen molar-refractivity contribution in [1.29, 1.82) is 0 Å². The summed E-state index contributed by atoms with van der Waals surface area (Å²) >= 11 is 3.28. The monoisotopic (exact) mass is 340 g/mol. The molecule has 0 fully saturated rings. The van der Waals surface area contributed by atoms with Crippen LogP contribution in [0.25, 0.3) is 0 Å². The van der Waals surface area contributed by atoms with E-state index in [4.69, 9.17) is 0 Å². The van der Waals surface area contributed by atoms with Gasteiger partial charge in [-0.25, -0.2) is 8.42 Å². The maximum Gasteiger partial charge on any atom is 0.243 e. The summed E-state index contributed by atoms with van der Waals surface area (Å²) in [5.41, 5.74) is 0.851. The van der Waals surface area contributed by atoms with Crippen molar-refractivity contribution in [3.05, 3.63) is 58.8 Å². The highest BCUT2D eigenvalue weighted by Gasteiger charge is 2.20. The van der Waals surface area contributed by atoms with E-state index < -0.39 is 10.0 Å². The molecule has 6 heteroatoms. The zero-order valence-corrected chi connectivity index (χ0v) is 12.7. The van der Waals surface area contributed by atoms with E-state index in [0.29, 0.717) is 6.54 Å². The number of sulfonamides is 1. The van der Waals surface area contributed by atoms with E-state index in [-0.39, 0.29) is 4.90 Å². The first-order valence-corrected chi connectivity index (χ1v) is 7.84. The lowest BCUT2D eigenvalue weighted by molar-refractivity contribution is 0.466. The largest absolute Gasteiger partial charge is 0.264 e. The van der Waals surface area contributed by atoms with Crippen LogP contribution in [-0.2, 0) is 16.6 Å². The minimum Gasteiger partial charge on any atom is -0.264 e. The Morgan fingerprint density at radius 3 is 2.68 bits per heavy atom. The van der Waals surface area contributed by atoms with Crippen LogP contribution in [0.5, 0.6) is 0 Å². The first-order chi connectivity index (χ1) is 9.00. The van der Waals surface area contributed by atoms with Crippen molar-refractivity contribution in [2.45, 2.75) is 11.4 Å². The van der Waals surface area contributed by atoms with Crippen molar-refractivity contribution in [3.8, 4) is 0 Å². The second-order valence-corrected chi connectivity index (χ2v) is 7.04.